The van der Waals surface area contributed by atoms with Gasteiger partial charge < -0.3 is 77.2 Å². The number of hydrogen-bond donors (Lipinski definition) is 5. The molecule has 4 aromatic heterocycles. The maximum Gasteiger partial charge on any atom is 1.00 e. The van der Waals surface area contributed by atoms with Gasteiger partial charge in [0.2, 0.25) is 21.1 Å². The molecule has 1 aliphatic rings. The zero-order valence-corrected chi connectivity index (χ0v) is 82.5. The average Bonchev–Trinajstić information content (AvgIpc) is 0.807. The molecule has 5 heterocycles. The molecule has 48 heteroatoms. The molecule has 3 radical (unpaired) electrons. The fourth-order valence-electron chi connectivity index (χ4n) is 8.42. The number of carbonyl (C=O) groups is 3. The third kappa shape index (κ3) is 35.2. The van der Waals surface area contributed by atoms with Crippen LogP contribution in [0.4, 0.5) is 49.6 Å². The molecule has 0 bridgehead atoms. The molecule has 5 N–H and O–H groups in total. The number of benzene rings is 4. The van der Waals surface area contributed by atoms with Crippen molar-refractivity contribution in [1.82, 2.24) is 39.9 Å². The Morgan fingerprint density at radius 1 is 0.649 bits per heavy atom. The van der Waals surface area contributed by atoms with E-state index < -0.39 is 37.4 Å². The van der Waals surface area contributed by atoms with Gasteiger partial charge in [0.05, 0.1) is 64.6 Å². The summed E-state index contributed by atoms with van der Waals surface area (Å²) in [4.78, 5) is 68.1. The molecule has 8 aromatic rings. The maximum atomic E-state index is 12.3. The standard InChI is InChI=1S/C15H18ClN3O3.C15H16ClN3O3.C15H16ClN3O2.C10H11BrO2.C5H6ClN3O.C2F6O5S2.CH2O3.B.2Cs.Na.2H/c2*1-9-6-10(21-3)4-5-11(9)12(20)8-22-13-7-18-15(16)19-14(13)17-2;1-9-6-10(20-3)4-5-11(9)12-8-21-13-7-17-15(16)18-14(13)19(12)2;1-7-5-8(13-2)3-4-9(7)10(12)6-11;1-7-4-3(10)2-8-5(6)9-4;3-1(4,5)14(9,10)13-15(11,12)2(6,7)8;2-1-4-3;;;;;;/h4-7,12,20H,8H2,1-3H3,(H,17,18,19);4-7H,8H2,1-3H3,(H,17,18,19);4-7,12H,8H2,1-3H3;3-5H,6H2,1-2H3;2,10H,1H3,(H,7,8,9);;1,3H;;;;;;/q;;;;;;;;3*+1;2*-1/p-1. The van der Waals surface area contributed by atoms with Gasteiger partial charge in [-0.2, -0.15) is 63.1 Å². The molecule has 0 aliphatic carbocycles. The first-order valence-electron chi connectivity index (χ1n) is 29.6. The number of anilines is 4. The quantitative estimate of drug-likeness (QED) is 0.00788. The Balaban J connectivity index is -0.000000628. The van der Waals surface area contributed by atoms with Gasteiger partial charge >= 0.3 is 199 Å². The monoisotopic (exact) mass is 2000 g/mol. The van der Waals surface area contributed by atoms with Crippen molar-refractivity contribution >= 4 is 132 Å². The maximum absolute atomic E-state index is 12.3. The number of aryl methyl sites for hydroxylation is 4. The smallest absolute Gasteiger partial charge is 1.00 e. The van der Waals surface area contributed by atoms with Crippen LogP contribution in [0.3, 0.4) is 0 Å². The summed E-state index contributed by atoms with van der Waals surface area (Å²) in [6.45, 7) is 8.04. The minimum Gasteiger partial charge on any atom is -1.00 e. The van der Waals surface area contributed by atoms with Gasteiger partial charge in [-0.3, -0.25) is 14.4 Å². The second kappa shape index (κ2) is 53.2. The van der Waals surface area contributed by atoms with Crippen LogP contribution in [-0.4, -0.2) is 186 Å². The number of fused-ring (bicyclic) bond motifs is 1. The second-order valence-electron chi connectivity index (χ2n) is 20.6. The molecule has 0 saturated heterocycles. The van der Waals surface area contributed by atoms with E-state index in [9.17, 15) is 57.9 Å². The number of nitrogens with one attached hydrogen (secondary N) is 3. The number of halogens is 11. The molecule has 0 spiro atoms. The third-order valence-electron chi connectivity index (χ3n) is 13.6. The van der Waals surface area contributed by atoms with Gasteiger partial charge in [0.15, 0.2) is 64.4 Å². The molecule has 1 aliphatic heterocycles. The zero-order chi connectivity index (χ0) is 80.7. The van der Waals surface area contributed by atoms with Crippen molar-refractivity contribution in [3.8, 4) is 46.0 Å². The summed E-state index contributed by atoms with van der Waals surface area (Å²) in [7, 11) is -0.220. The van der Waals surface area contributed by atoms with Crippen LogP contribution < -0.4 is 227 Å². The SMILES string of the molecule is CNc1nc(Cl)ncc1O.CNc1nc(Cl)ncc1OCC(=O)c1ccc(OC)cc1C.CNc1nc(Cl)ncc1OCC(O)c1ccc(OC)cc1C.COc1ccc(C(=O)CBr)c(C)c1.COc1ccc(C2COc3cnc(Cl)nc3N2C)c(C)c1.O=CO[O-].O=S(=O)(OS(=O)(=O)C(F)(F)F)C(F)(F)F.[B].[Cs+].[Cs+].[H-].[H-].[Na+]. The summed E-state index contributed by atoms with van der Waals surface area (Å²) in [5.74, 6) is 6.43. The van der Waals surface area contributed by atoms with E-state index >= 15 is 0 Å². The van der Waals surface area contributed by atoms with Crippen molar-refractivity contribution in [2.24, 2.45) is 0 Å². The molecule has 31 nitrogen and oxygen atoms in total. The number of hydrogen-bond acceptors (Lipinski definition) is 31. The van der Waals surface area contributed by atoms with Crippen LogP contribution in [0.2, 0.25) is 21.1 Å². The largest absolute Gasteiger partial charge is 1.00 e. The number of aromatic hydroxyl groups is 1. The van der Waals surface area contributed by atoms with Crippen LogP contribution in [0, 0.1) is 27.7 Å². The molecule has 2 atom stereocenters. The van der Waals surface area contributed by atoms with Crippen molar-refractivity contribution in [3.05, 3.63) is 163 Å². The first-order chi connectivity index (χ1) is 50.2. The van der Waals surface area contributed by atoms with Crippen molar-refractivity contribution < 1.29 is 285 Å². The molecule has 4 aromatic carbocycles. The number of ketones is 2. The van der Waals surface area contributed by atoms with Crippen molar-refractivity contribution in [2.75, 3.05) is 103 Å². The number of likely N-dealkylation sites (N-methyl/N-ethyl adjacent to an activating group) is 1. The molecule has 0 fully saturated rings. The Morgan fingerprint density at radius 2 is 1.04 bits per heavy atom. The van der Waals surface area contributed by atoms with Gasteiger partial charge in [0.25, 0.3) is 6.47 Å². The molecule has 111 heavy (non-hydrogen) atoms. The third-order valence-corrected chi connectivity index (χ3v) is 17.4. The number of nitrogens with zero attached hydrogens (tertiary/aromatic N) is 9. The minimum atomic E-state index is -6.85. The molecule has 9 rings (SSSR count). The Kier molecular flexibility index (Phi) is 52.1. The number of aliphatic hydroxyl groups is 1. The first-order valence-corrected chi connectivity index (χ1v) is 35.1. The Hall–Kier alpha value is -4.22. The topological polar surface area (TPSA) is 409 Å². The van der Waals surface area contributed by atoms with Crippen molar-refractivity contribution in [3.63, 3.8) is 0 Å². The predicted octanol–water partition coefficient (Wildman–Crippen LogP) is 1.82. The Morgan fingerprint density at radius 3 is 1.43 bits per heavy atom. The molecular weight excluding hydrogens is 1930 g/mol. The van der Waals surface area contributed by atoms with E-state index in [4.69, 9.17) is 94.7 Å². The fraction of sp³-hybridized carbons (Fsp3) is 0.317. The van der Waals surface area contributed by atoms with Crippen molar-refractivity contribution in [2.45, 2.75) is 50.9 Å². The molecule has 591 valence electrons. The number of aliphatic hydroxyl groups excluding tert-OH is 1. The van der Waals surface area contributed by atoms with Crippen LogP contribution in [0.5, 0.6) is 46.0 Å². The molecule has 0 amide bonds. The van der Waals surface area contributed by atoms with E-state index in [0.29, 0.717) is 63.8 Å². The van der Waals surface area contributed by atoms with E-state index in [1.54, 1.807) is 92.2 Å². The van der Waals surface area contributed by atoms with Crippen molar-refractivity contribution in [1.29, 1.82) is 0 Å². The number of alkyl halides is 7. The number of methoxy groups -OCH3 is 4. The predicted molar refractivity (Wildman–Crippen MR) is 391 cm³/mol. The summed E-state index contributed by atoms with van der Waals surface area (Å²) in [5.41, 5.74) is -5.37. The minimum absolute atomic E-state index is 0. The van der Waals surface area contributed by atoms with Gasteiger partial charge in [-0.1, -0.05) is 28.1 Å². The van der Waals surface area contributed by atoms with Gasteiger partial charge in [-0.25, -0.2) is 19.9 Å². The number of rotatable bonds is 21. The zero-order valence-electron chi connectivity index (χ0n) is 63.7. The summed E-state index contributed by atoms with van der Waals surface area (Å²) in [6.07, 6.45) is 4.97. The van der Waals surface area contributed by atoms with Crippen LogP contribution >= 0.6 is 62.3 Å². The van der Waals surface area contributed by atoms with E-state index in [2.05, 4.69) is 94.5 Å². The Bertz CT molecular complexity index is 4530. The second-order valence-corrected chi connectivity index (χ2v) is 25.8. The van der Waals surface area contributed by atoms with E-state index in [1.807, 2.05) is 61.8 Å². The average molecular weight is 2000 g/mol. The Labute approximate surface area is 807 Å². The van der Waals surface area contributed by atoms with Gasteiger partial charge in [-0.05, 0) is 168 Å². The number of Topliss-reactive ketones (excluding diaryl/α,β-unsaturated/α-hetero) is 2. The summed E-state index contributed by atoms with van der Waals surface area (Å²) < 4.78 is 147. The summed E-state index contributed by atoms with van der Waals surface area (Å²) >= 11 is 25.9. The van der Waals surface area contributed by atoms with Crippen LogP contribution in [0.1, 0.15) is 69.1 Å². The molecule has 0 saturated carbocycles. The van der Waals surface area contributed by atoms with Crippen LogP contribution in [0.25, 0.3) is 0 Å². The van der Waals surface area contributed by atoms with Gasteiger partial charge in [0.1, 0.15) is 42.3 Å². The van der Waals surface area contributed by atoms with Crippen LogP contribution in [0.15, 0.2) is 97.6 Å². The molecule has 2 unspecified atom stereocenters. The first kappa shape index (κ1) is 109. The number of carbonyl (C=O) groups excluding carboxylic acids is 3. The number of ether oxygens (including phenoxy) is 7. The van der Waals surface area contributed by atoms with E-state index in [0.717, 1.165) is 50.6 Å². The number of aromatic nitrogens is 8. The van der Waals surface area contributed by atoms with E-state index in [1.165, 1.54) is 24.2 Å². The van der Waals surface area contributed by atoms with E-state index in [-0.39, 0.29) is 243 Å². The summed E-state index contributed by atoms with van der Waals surface area (Å²) in [6, 6.07) is 22.3. The molecular formula is C63H70BBrCl4Cs2F6N12NaO19S2. The van der Waals surface area contributed by atoms with Gasteiger partial charge in [-0.15, -0.1) is 3.63 Å². The fourth-order valence-corrected chi connectivity index (χ4v) is 10.8. The normalized spacial score (nSPS) is 11.9. The van der Waals surface area contributed by atoms with Gasteiger partial charge in [0, 0.05) is 47.7 Å². The summed E-state index contributed by atoms with van der Waals surface area (Å²) in [5, 5.41) is 37.0. The van der Waals surface area contributed by atoms with Crippen LogP contribution in [-0.2, 0) is 33.5 Å².